The van der Waals surface area contributed by atoms with Crippen molar-refractivity contribution >= 4 is 27.5 Å². The highest BCUT2D eigenvalue weighted by Crippen LogP contribution is 2.53. The first-order valence-corrected chi connectivity index (χ1v) is 11.6. The molecule has 0 radical (unpaired) electrons. The van der Waals surface area contributed by atoms with Gasteiger partial charge in [-0.1, -0.05) is 28.8 Å². The minimum absolute atomic E-state index is 0.0400. The van der Waals surface area contributed by atoms with Crippen LogP contribution < -0.4 is 5.32 Å². The maximum atomic E-state index is 14.0. The van der Waals surface area contributed by atoms with Gasteiger partial charge >= 0.3 is 0 Å². The van der Waals surface area contributed by atoms with Gasteiger partial charge in [0.05, 0.1) is 19.3 Å². The number of anilines is 1. The van der Waals surface area contributed by atoms with Crippen LogP contribution in [0, 0.1) is 5.82 Å². The number of ether oxygens (including phenoxy) is 1. The molecule has 158 valence electrons. The van der Waals surface area contributed by atoms with E-state index in [1.54, 1.807) is 12.1 Å². The first kappa shape index (κ1) is 20.0. The highest BCUT2D eigenvalue weighted by molar-refractivity contribution is 9.10. The molecular weight excluding hydrogens is 447 g/mol. The van der Waals surface area contributed by atoms with Gasteiger partial charge in [-0.25, -0.2) is 4.39 Å². The van der Waals surface area contributed by atoms with Crippen LogP contribution in [0.5, 0.6) is 0 Å². The summed E-state index contributed by atoms with van der Waals surface area (Å²) in [4.78, 5) is 14.9. The second kappa shape index (κ2) is 7.97. The summed E-state index contributed by atoms with van der Waals surface area (Å²) < 4.78 is 20.3. The average molecular weight is 473 g/mol. The van der Waals surface area contributed by atoms with Crippen molar-refractivity contribution in [3.63, 3.8) is 0 Å². The van der Waals surface area contributed by atoms with Crippen LogP contribution in [0.3, 0.4) is 0 Å². The maximum Gasteiger partial charge on any atom is 0.254 e. The Morgan fingerprint density at radius 3 is 2.67 bits per heavy atom. The second-order valence-corrected chi connectivity index (χ2v) is 9.57. The number of halogens is 2. The lowest BCUT2D eigenvalue weighted by Crippen LogP contribution is -2.41. The molecule has 1 spiro atoms. The molecule has 1 aliphatic carbocycles. The number of nitrogens with one attached hydrogen (secondary N) is 1. The third kappa shape index (κ3) is 3.54. The van der Waals surface area contributed by atoms with Crippen LogP contribution in [0.2, 0.25) is 0 Å². The molecule has 5 rings (SSSR count). The average Bonchev–Trinajstić information content (AvgIpc) is 3.24. The first-order valence-electron chi connectivity index (χ1n) is 10.8. The highest BCUT2D eigenvalue weighted by Gasteiger charge is 2.43. The van der Waals surface area contributed by atoms with Crippen LogP contribution in [0.4, 0.5) is 10.1 Å². The lowest BCUT2D eigenvalue weighted by Gasteiger charge is -2.42. The first-order chi connectivity index (χ1) is 14.6. The van der Waals surface area contributed by atoms with Gasteiger partial charge in [-0.15, -0.1) is 0 Å². The molecular formula is C24H26BrFN2O2. The van der Waals surface area contributed by atoms with E-state index >= 15 is 0 Å². The summed E-state index contributed by atoms with van der Waals surface area (Å²) in [6.45, 7) is 2.50. The predicted octanol–water partition coefficient (Wildman–Crippen LogP) is 5.43. The number of fused-ring (bicyclic) bond motifs is 2. The van der Waals surface area contributed by atoms with Crippen LogP contribution in [-0.2, 0) is 10.2 Å². The minimum atomic E-state index is -0.215. The number of nitrogens with zero attached hydrogens (tertiary/aromatic N) is 1. The Labute approximate surface area is 184 Å². The van der Waals surface area contributed by atoms with Gasteiger partial charge in [-0.05, 0) is 72.2 Å². The summed E-state index contributed by atoms with van der Waals surface area (Å²) in [6.07, 6.45) is 5.52. The van der Waals surface area contributed by atoms with E-state index in [2.05, 4.69) is 27.3 Å². The molecule has 0 bridgehead atoms. The van der Waals surface area contributed by atoms with E-state index in [9.17, 15) is 9.18 Å². The third-order valence-corrected chi connectivity index (χ3v) is 7.68. The lowest BCUT2D eigenvalue weighted by molar-refractivity contribution is 0.0303. The quantitative estimate of drug-likeness (QED) is 0.633. The van der Waals surface area contributed by atoms with Gasteiger partial charge < -0.3 is 15.0 Å². The number of hydrogen-bond acceptors (Lipinski definition) is 3. The van der Waals surface area contributed by atoms with Gasteiger partial charge in [0.15, 0.2) is 0 Å². The fourth-order valence-electron chi connectivity index (χ4n) is 5.42. The third-order valence-electron chi connectivity index (χ3n) is 6.95. The van der Waals surface area contributed by atoms with Crippen molar-refractivity contribution in [2.75, 3.05) is 31.6 Å². The Bertz CT molecular complexity index is 968. The largest absolute Gasteiger partial charge is 0.378 e. The molecule has 1 saturated heterocycles. The predicted molar refractivity (Wildman–Crippen MR) is 118 cm³/mol. The van der Waals surface area contributed by atoms with Crippen molar-refractivity contribution in [2.24, 2.45) is 0 Å². The Kier molecular flexibility index (Phi) is 5.31. The number of morpholine rings is 1. The van der Waals surface area contributed by atoms with Gasteiger partial charge in [-0.2, -0.15) is 0 Å². The topological polar surface area (TPSA) is 41.6 Å². The molecule has 2 fully saturated rings. The molecule has 6 heteroatoms. The van der Waals surface area contributed by atoms with Crippen LogP contribution in [0.25, 0.3) is 0 Å². The summed E-state index contributed by atoms with van der Waals surface area (Å²) in [5.41, 5.74) is 4.08. The van der Waals surface area contributed by atoms with Crippen LogP contribution in [0.1, 0.15) is 59.6 Å². The second-order valence-electron chi connectivity index (χ2n) is 8.72. The highest BCUT2D eigenvalue weighted by atomic mass is 79.9. The summed E-state index contributed by atoms with van der Waals surface area (Å²) in [5.74, 6) is -0.128. The van der Waals surface area contributed by atoms with E-state index < -0.39 is 0 Å². The van der Waals surface area contributed by atoms with Crippen molar-refractivity contribution in [3.8, 4) is 0 Å². The van der Waals surface area contributed by atoms with Crippen LogP contribution in [0.15, 0.2) is 40.9 Å². The molecule has 2 heterocycles. The summed E-state index contributed by atoms with van der Waals surface area (Å²) in [6, 6.07) is 11.0. The lowest BCUT2D eigenvalue weighted by atomic mass is 9.69. The normalized spacial score (nSPS) is 22.6. The molecule has 30 heavy (non-hydrogen) atoms. The monoisotopic (exact) mass is 472 g/mol. The summed E-state index contributed by atoms with van der Waals surface area (Å²) in [7, 11) is 0. The van der Waals surface area contributed by atoms with Crippen molar-refractivity contribution in [2.45, 2.75) is 43.6 Å². The zero-order valence-corrected chi connectivity index (χ0v) is 18.5. The van der Waals surface area contributed by atoms with Gasteiger partial charge in [0.1, 0.15) is 5.82 Å². The van der Waals surface area contributed by atoms with Crippen molar-refractivity contribution in [1.29, 1.82) is 0 Å². The fourth-order valence-corrected chi connectivity index (χ4v) is 5.95. The Hall–Kier alpha value is -1.92. The Morgan fingerprint density at radius 2 is 1.90 bits per heavy atom. The van der Waals surface area contributed by atoms with E-state index in [1.165, 1.54) is 24.5 Å². The smallest absolute Gasteiger partial charge is 0.254 e. The van der Waals surface area contributed by atoms with E-state index in [4.69, 9.17) is 4.74 Å². The molecule has 4 nitrogen and oxygen atoms in total. The SMILES string of the molecule is O=C(c1ccc2c(c1)C1(CCCC1)CC(c1cc(F)ccc1Br)N2)N1CCOCC1. The number of rotatable bonds is 2. The molecule has 2 aromatic carbocycles. The molecule has 1 atom stereocenters. The maximum absolute atomic E-state index is 14.0. The van der Waals surface area contributed by atoms with Crippen LogP contribution in [-0.4, -0.2) is 37.1 Å². The fraction of sp³-hybridized carbons (Fsp3) is 0.458. The van der Waals surface area contributed by atoms with Gasteiger partial charge in [0.2, 0.25) is 0 Å². The molecule has 0 aromatic heterocycles. The molecule has 1 N–H and O–H groups in total. The Balaban J connectivity index is 1.51. The molecule has 1 amide bonds. The minimum Gasteiger partial charge on any atom is -0.378 e. The van der Waals surface area contributed by atoms with Crippen molar-refractivity contribution < 1.29 is 13.9 Å². The number of carbonyl (C=O) groups is 1. The summed E-state index contributed by atoms with van der Waals surface area (Å²) in [5, 5.41) is 3.64. The zero-order valence-electron chi connectivity index (χ0n) is 16.9. The summed E-state index contributed by atoms with van der Waals surface area (Å²) >= 11 is 3.61. The van der Waals surface area contributed by atoms with E-state index in [0.717, 1.165) is 40.5 Å². The van der Waals surface area contributed by atoms with E-state index in [0.29, 0.717) is 26.3 Å². The molecule has 2 aliphatic heterocycles. The number of amides is 1. The Morgan fingerprint density at radius 1 is 1.13 bits per heavy atom. The number of carbonyl (C=O) groups excluding carboxylic acids is 1. The zero-order chi connectivity index (χ0) is 20.7. The number of benzene rings is 2. The van der Waals surface area contributed by atoms with Crippen molar-refractivity contribution in [3.05, 3.63) is 63.4 Å². The molecule has 1 saturated carbocycles. The van der Waals surface area contributed by atoms with Crippen LogP contribution >= 0.6 is 15.9 Å². The van der Waals surface area contributed by atoms with Gasteiger partial charge in [0, 0.05) is 28.8 Å². The molecule has 1 unspecified atom stereocenters. The standard InChI is InChI=1S/C24H26BrFN2O2/c25-20-5-4-17(26)14-18(20)22-15-24(7-1-2-8-24)19-13-16(3-6-21(19)27-22)23(29)28-9-11-30-12-10-28/h3-6,13-14,22,27H,1-2,7-12,15H2. The van der Waals surface area contributed by atoms with Gasteiger partial charge in [-0.3, -0.25) is 4.79 Å². The van der Waals surface area contributed by atoms with E-state index in [1.807, 2.05) is 17.0 Å². The van der Waals surface area contributed by atoms with Crippen molar-refractivity contribution in [1.82, 2.24) is 4.90 Å². The molecule has 3 aliphatic rings. The molecule has 2 aromatic rings. The number of hydrogen-bond donors (Lipinski definition) is 1. The van der Waals surface area contributed by atoms with Gasteiger partial charge in [0.25, 0.3) is 5.91 Å². The van der Waals surface area contributed by atoms with E-state index in [-0.39, 0.29) is 23.2 Å².